The fourth-order valence-corrected chi connectivity index (χ4v) is 2.23. The molecule has 2 nitrogen and oxygen atoms in total. The molecule has 2 N–H and O–H groups in total. The first-order chi connectivity index (χ1) is 7.07. The van der Waals surface area contributed by atoms with Gasteiger partial charge in [-0.2, -0.15) is 0 Å². The zero-order valence-electron chi connectivity index (χ0n) is 8.88. The van der Waals surface area contributed by atoms with E-state index in [9.17, 15) is 4.79 Å². The number of allylic oxidation sites excluding steroid dienone is 1. The van der Waals surface area contributed by atoms with Crippen molar-refractivity contribution in [1.82, 2.24) is 0 Å². The van der Waals surface area contributed by atoms with Gasteiger partial charge in [0.15, 0.2) is 0 Å². The van der Waals surface area contributed by atoms with Gasteiger partial charge < -0.3 is 5.73 Å². The minimum atomic E-state index is -0.341. The molecule has 0 aliphatic rings. The molecule has 0 spiro atoms. The van der Waals surface area contributed by atoms with Gasteiger partial charge in [0, 0.05) is 9.14 Å². The molecule has 0 fully saturated rings. The van der Waals surface area contributed by atoms with Crippen LogP contribution in [0.25, 0.3) is 5.57 Å². The first kappa shape index (κ1) is 12.2. The van der Waals surface area contributed by atoms with Crippen molar-refractivity contribution in [2.75, 3.05) is 0 Å². The summed E-state index contributed by atoms with van der Waals surface area (Å²) in [6.07, 6.45) is 0.814. The number of carbonyl (C=O) groups excluding carboxylic acids is 1. The third-order valence-electron chi connectivity index (χ3n) is 2.37. The molecule has 0 radical (unpaired) electrons. The fraction of sp³-hybridized carbons (Fsp3) is 0.250. The van der Waals surface area contributed by atoms with Crippen LogP contribution >= 0.6 is 22.6 Å². The maximum absolute atomic E-state index is 11.1. The predicted molar refractivity (Wildman–Crippen MR) is 71.2 cm³/mol. The standard InChI is InChI=1S/C12H14INO/c1-3-9(8(2)12(14)15)10-6-4-5-7-11(10)13/h4-7H,3H2,1-2H3,(H2,14,15). The molecule has 80 valence electrons. The van der Waals surface area contributed by atoms with E-state index in [0.29, 0.717) is 5.57 Å². The van der Waals surface area contributed by atoms with Crippen LogP contribution in [-0.4, -0.2) is 5.91 Å². The third kappa shape index (κ3) is 2.81. The monoisotopic (exact) mass is 315 g/mol. The molecule has 1 aromatic carbocycles. The highest BCUT2D eigenvalue weighted by molar-refractivity contribution is 14.1. The lowest BCUT2D eigenvalue weighted by atomic mass is 9.98. The van der Waals surface area contributed by atoms with Gasteiger partial charge in [0.05, 0.1) is 0 Å². The van der Waals surface area contributed by atoms with E-state index in [2.05, 4.69) is 22.6 Å². The number of halogens is 1. The van der Waals surface area contributed by atoms with Crippen molar-refractivity contribution in [1.29, 1.82) is 0 Å². The quantitative estimate of drug-likeness (QED) is 0.676. The van der Waals surface area contributed by atoms with E-state index >= 15 is 0 Å². The number of benzene rings is 1. The van der Waals surface area contributed by atoms with Gasteiger partial charge in [0.2, 0.25) is 5.91 Å². The largest absolute Gasteiger partial charge is 0.366 e. The van der Waals surface area contributed by atoms with Crippen LogP contribution in [0.5, 0.6) is 0 Å². The van der Waals surface area contributed by atoms with E-state index in [0.717, 1.165) is 21.1 Å². The van der Waals surface area contributed by atoms with Gasteiger partial charge in [0.1, 0.15) is 0 Å². The SMILES string of the molecule is CCC(=C(C)C(N)=O)c1ccccc1I. The van der Waals surface area contributed by atoms with Gasteiger partial charge in [0.25, 0.3) is 0 Å². The van der Waals surface area contributed by atoms with Crippen molar-refractivity contribution in [3.8, 4) is 0 Å². The normalized spacial score (nSPS) is 12.2. The highest BCUT2D eigenvalue weighted by Crippen LogP contribution is 2.26. The van der Waals surface area contributed by atoms with E-state index < -0.39 is 0 Å². The number of amides is 1. The second kappa shape index (κ2) is 5.30. The van der Waals surface area contributed by atoms with Crippen molar-refractivity contribution in [2.45, 2.75) is 20.3 Å². The molecule has 0 unspecified atom stereocenters. The van der Waals surface area contributed by atoms with Crippen LogP contribution in [0.4, 0.5) is 0 Å². The topological polar surface area (TPSA) is 43.1 Å². The van der Waals surface area contributed by atoms with Crippen LogP contribution < -0.4 is 5.73 Å². The van der Waals surface area contributed by atoms with Crippen LogP contribution in [0.15, 0.2) is 29.8 Å². The zero-order valence-corrected chi connectivity index (χ0v) is 11.0. The molecule has 0 bridgehead atoms. The molecule has 0 heterocycles. The molecule has 1 rings (SSSR count). The van der Waals surface area contributed by atoms with Crippen LogP contribution in [0.1, 0.15) is 25.8 Å². The Morgan fingerprint density at radius 3 is 2.47 bits per heavy atom. The van der Waals surface area contributed by atoms with Gasteiger partial charge in [-0.15, -0.1) is 0 Å². The molecule has 15 heavy (non-hydrogen) atoms. The summed E-state index contributed by atoms with van der Waals surface area (Å²) in [5.74, 6) is -0.341. The Kier molecular flexibility index (Phi) is 4.32. The Morgan fingerprint density at radius 2 is 2.00 bits per heavy atom. The number of rotatable bonds is 3. The fourth-order valence-electron chi connectivity index (χ4n) is 1.51. The molecule has 1 amide bonds. The molecule has 0 aromatic heterocycles. The van der Waals surface area contributed by atoms with Gasteiger partial charge in [-0.3, -0.25) is 4.79 Å². The number of hydrogen-bond donors (Lipinski definition) is 1. The summed E-state index contributed by atoms with van der Waals surface area (Å²) in [6, 6.07) is 8.01. The van der Waals surface area contributed by atoms with E-state index in [1.54, 1.807) is 6.92 Å². The number of carbonyl (C=O) groups is 1. The number of nitrogens with two attached hydrogens (primary N) is 1. The van der Waals surface area contributed by atoms with E-state index in [-0.39, 0.29) is 5.91 Å². The smallest absolute Gasteiger partial charge is 0.244 e. The molecule has 3 heteroatoms. The molecule has 0 saturated heterocycles. The lowest BCUT2D eigenvalue weighted by Crippen LogP contribution is -2.13. The van der Waals surface area contributed by atoms with Gasteiger partial charge in [-0.1, -0.05) is 25.1 Å². The minimum absolute atomic E-state index is 0.341. The lowest BCUT2D eigenvalue weighted by Gasteiger charge is -2.10. The summed E-state index contributed by atoms with van der Waals surface area (Å²) in [5, 5.41) is 0. The average Bonchev–Trinajstić information content (AvgIpc) is 2.21. The van der Waals surface area contributed by atoms with Crippen molar-refractivity contribution >= 4 is 34.1 Å². The molecular weight excluding hydrogens is 301 g/mol. The Morgan fingerprint density at radius 1 is 1.40 bits per heavy atom. The Hall–Kier alpha value is -0.840. The predicted octanol–water partition coefficient (Wildman–Crippen LogP) is 2.96. The lowest BCUT2D eigenvalue weighted by molar-refractivity contribution is -0.114. The summed E-state index contributed by atoms with van der Waals surface area (Å²) < 4.78 is 1.15. The summed E-state index contributed by atoms with van der Waals surface area (Å²) in [4.78, 5) is 11.1. The van der Waals surface area contributed by atoms with Crippen LogP contribution in [-0.2, 0) is 4.79 Å². The first-order valence-electron chi connectivity index (χ1n) is 4.82. The van der Waals surface area contributed by atoms with E-state index in [1.807, 2.05) is 31.2 Å². The second-order valence-corrected chi connectivity index (χ2v) is 4.46. The molecule has 0 aliphatic heterocycles. The van der Waals surface area contributed by atoms with Crippen molar-refractivity contribution < 1.29 is 4.79 Å². The van der Waals surface area contributed by atoms with Crippen LogP contribution in [0.3, 0.4) is 0 Å². The van der Waals surface area contributed by atoms with Gasteiger partial charge in [-0.25, -0.2) is 0 Å². The maximum atomic E-state index is 11.1. The van der Waals surface area contributed by atoms with Gasteiger partial charge >= 0.3 is 0 Å². The average molecular weight is 315 g/mol. The number of primary amides is 1. The zero-order chi connectivity index (χ0) is 11.4. The van der Waals surface area contributed by atoms with E-state index in [1.165, 1.54) is 0 Å². The summed E-state index contributed by atoms with van der Waals surface area (Å²) in [7, 11) is 0. The van der Waals surface area contributed by atoms with Crippen molar-refractivity contribution in [2.24, 2.45) is 5.73 Å². The third-order valence-corrected chi connectivity index (χ3v) is 3.32. The van der Waals surface area contributed by atoms with E-state index in [4.69, 9.17) is 5.73 Å². The highest BCUT2D eigenvalue weighted by Gasteiger charge is 2.10. The number of hydrogen-bond acceptors (Lipinski definition) is 1. The van der Waals surface area contributed by atoms with Crippen LogP contribution in [0.2, 0.25) is 0 Å². The molecule has 0 atom stereocenters. The summed E-state index contributed by atoms with van der Waals surface area (Å²) in [5.41, 5.74) is 8.10. The molecule has 0 saturated carbocycles. The minimum Gasteiger partial charge on any atom is -0.366 e. The first-order valence-corrected chi connectivity index (χ1v) is 5.90. The second-order valence-electron chi connectivity index (χ2n) is 3.30. The molecule has 0 aliphatic carbocycles. The van der Waals surface area contributed by atoms with Crippen molar-refractivity contribution in [3.63, 3.8) is 0 Å². The Bertz CT molecular complexity index is 410. The summed E-state index contributed by atoms with van der Waals surface area (Å²) >= 11 is 2.27. The maximum Gasteiger partial charge on any atom is 0.244 e. The molecule has 1 aromatic rings. The van der Waals surface area contributed by atoms with Gasteiger partial charge in [-0.05, 0) is 53.1 Å². The Labute approximate surface area is 104 Å². The highest BCUT2D eigenvalue weighted by atomic mass is 127. The van der Waals surface area contributed by atoms with Crippen molar-refractivity contribution in [3.05, 3.63) is 39.0 Å². The summed E-state index contributed by atoms with van der Waals surface area (Å²) in [6.45, 7) is 3.81. The van der Waals surface area contributed by atoms with Crippen LogP contribution in [0, 0.1) is 3.57 Å². The molecular formula is C12H14INO. The Balaban J connectivity index is 3.31.